The number of rotatable bonds is 10. The van der Waals surface area contributed by atoms with Crippen LogP contribution in [0.5, 0.6) is 0 Å². The van der Waals surface area contributed by atoms with Crippen molar-refractivity contribution >= 4 is 174 Å². The van der Waals surface area contributed by atoms with Crippen LogP contribution in [0, 0.1) is 0 Å². The van der Waals surface area contributed by atoms with Crippen molar-refractivity contribution in [3.8, 4) is 135 Å². The maximum atomic E-state index is 5.47. The van der Waals surface area contributed by atoms with E-state index in [0.717, 1.165) is 90.7 Å². The van der Waals surface area contributed by atoms with E-state index < -0.39 is 24.2 Å². The molecule has 31 rings (SSSR count). The van der Waals surface area contributed by atoms with Gasteiger partial charge in [-0.1, -0.05) is 393 Å². The normalized spacial score (nSPS) is 13.9. The third kappa shape index (κ3) is 13.3. The molecule has 1 aliphatic carbocycles. The lowest BCUT2D eigenvalue weighted by Gasteiger charge is -2.21. The first-order chi connectivity index (χ1) is 73.0. The third-order valence-electron chi connectivity index (χ3n) is 32.4. The highest BCUT2D eigenvalue weighted by atomic mass is 32.1. The zero-order valence-electron chi connectivity index (χ0n) is 83.6. The molecular formula is C135H98N10SSi3. The zero-order chi connectivity index (χ0) is 99.6. The van der Waals surface area contributed by atoms with Crippen LogP contribution in [0.4, 0.5) is 0 Å². The summed E-state index contributed by atoms with van der Waals surface area (Å²) in [7, 11) is -6.18. The van der Waals surface area contributed by atoms with Crippen molar-refractivity contribution in [3.05, 3.63) is 460 Å². The van der Waals surface area contributed by atoms with E-state index in [9.17, 15) is 0 Å². The smallest absolute Gasteiger partial charge is 0.159 e. The number of benzene rings is 19. The van der Waals surface area contributed by atoms with Gasteiger partial charge in [-0.2, -0.15) is 0 Å². The summed E-state index contributed by atoms with van der Waals surface area (Å²) >= 11 is 1.87. The van der Waals surface area contributed by atoms with Gasteiger partial charge < -0.3 is 18.3 Å². The van der Waals surface area contributed by atoms with E-state index in [0.29, 0.717) is 0 Å². The molecule has 0 bridgehead atoms. The molecule has 0 spiro atoms. The molecule has 11 heterocycles. The molecular weight excluding hydrogens is 1880 g/mol. The molecule has 0 saturated heterocycles. The standard InChI is InChI=1S/C48H34N4Si.C45H35N3Si.C42H29N3SSi/c1-53(2)42-27-14-11-24-37(42)45-46(31-16-5-3-6-17-31)49-47(50-48(45)53)32-18-15-21-34(30-32)52-39-26-13-10-23-36(39)44-41(52)29-28-40-43(44)35-22-9-12-25-38(35)51(40)33-19-7-4-8-20-33;1-45(2)34-22-11-8-19-31(34)39-35(45)25-26-37-40(39)32-20-9-12-23-36(32)48(37)30-18-14-17-29(27-30)43-46-42(28-15-6-5-7-16-28)41-33-21-10-13-24-38(33)49(3,4)44(41)47-43;1-47(2)36-22-11-8-19-31(36)39-40(26-13-4-3-5-14-26)43-41(44-42(39)47)27-15-12-16-28(25-27)45-32-20-9-6-17-29(32)37-33(45)23-24-35-38(37)30-18-7-10-21-34(30)46-35/h3-30H,1-2H3;5-27H,1-4H3;3-25H,1-2H3. The van der Waals surface area contributed by atoms with E-state index in [-0.39, 0.29) is 5.41 Å². The van der Waals surface area contributed by atoms with Crippen LogP contribution < -0.4 is 31.5 Å². The van der Waals surface area contributed by atoms with Crippen molar-refractivity contribution in [1.29, 1.82) is 0 Å². The Kier molecular flexibility index (Phi) is 19.8. The van der Waals surface area contributed by atoms with Crippen molar-refractivity contribution in [3.63, 3.8) is 0 Å². The first-order valence-corrected chi connectivity index (χ1v) is 61.4. The van der Waals surface area contributed by atoms with Gasteiger partial charge in [0.25, 0.3) is 0 Å². The van der Waals surface area contributed by atoms with Gasteiger partial charge in [0.2, 0.25) is 0 Å². The van der Waals surface area contributed by atoms with Gasteiger partial charge in [-0.3, -0.25) is 0 Å². The average molecular weight is 1980 g/mol. The molecule has 14 heteroatoms. The largest absolute Gasteiger partial charge is 0.309 e. The molecule has 0 saturated carbocycles. The molecule has 0 fully saturated rings. The highest BCUT2D eigenvalue weighted by molar-refractivity contribution is 7.26. The van der Waals surface area contributed by atoms with Crippen molar-refractivity contribution in [2.45, 2.75) is 58.5 Å². The molecule has 0 atom stereocenters. The number of thiophene rings is 1. The lowest BCUT2D eigenvalue weighted by Crippen LogP contribution is -2.50. The molecule has 149 heavy (non-hydrogen) atoms. The summed E-state index contributed by atoms with van der Waals surface area (Å²) in [6, 6.07) is 162. The van der Waals surface area contributed by atoms with E-state index in [1.807, 2.05) is 11.3 Å². The van der Waals surface area contributed by atoms with Crippen LogP contribution in [0.25, 0.3) is 243 Å². The molecule has 3 aliphatic heterocycles. The SMILES string of the molecule is CC1(C)c2ccccc2-c2c1ccc1c2c2ccccc2n1-c1cccc(-c2nc(-c3ccccc3)c3c(n2)[Si](C)(C)c2ccccc2-3)c1.C[Si]1(C)c2ccccc2-c2c(-c3ccccc3)nc(-c3cccc(-n4c5ccccc5c5c6c(ccc54)sc4ccccc46)c3)nc21.C[Si]1(C)c2ccccc2-c2c(-c3ccccc3)nc(-c3cccc(-n4c5ccccc5c5c6c7ccccc7n(-c7ccccc7)c6ccc54)c3)nc21. The van der Waals surface area contributed by atoms with E-state index in [1.54, 1.807) is 0 Å². The van der Waals surface area contributed by atoms with Crippen LogP contribution in [-0.4, -0.2) is 72.4 Å². The molecule has 706 valence electrons. The Morgan fingerprint density at radius 1 is 0.208 bits per heavy atom. The Balaban J connectivity index is 0.000000105. The molecule has 0 radical (unpaired) electrons. The number of aromatic nitrogens is 10. The summed E-state index contributed by atoms with van der Waals surface area (Å²) in [6.07, 6.45) is 0. The first kappa shape index (κ1) is 88.0. The summed E-state index contributed by atoms with van der Waals surface area (Å²) in [5.41, 5.74) is 36.4. The fourth-order valence-electron chi connectivity index (χ4n) is 25.5. The Bertz CT molecular complexity index is 10300. The topological polar surface area (TPSA) is 97.1 Å². The lowest BCUT2D eigenvalue weighted by atomic mass is 9.82. The minimum absolute atomic E-state index is 0.0542. The Labute approximate surface area is 869 Å². The highest BCUT2D eigenvalue weighted by Gasteiger charge is 2.46. The molecule has 19 aromatic carbocycles. The molecule has 27 aromatic rings. The van der Waals surface area contributed by atoms with Crippen LogP contribution in [-0.2, 0) is 5.41 Å². The number of hydrogen-bond acceptors (Lipinski definition) is 7. The fraction of sp³-hybridized carbons (Fsp3) is 0.0667. The average Bonchev–Trinajstić information content (AvgIpc) is 1.53. The maximum Gasteiger partial charge on any atom is 0.159 e. The fourth-order valence-corrected chi connectivity index (χ4v) is 35.4. The van der Waals surface area contributed by atoms with Crippen LogP contribution in [0.1, 0.15) is 25.0 Å². The van der Waals surface area contributed by atoms with Crippen LogP contribution >= 0.6 is 11.3 Å². The molecule has 0 amide bonds. The summed E-state index contributed by atoms with van der Waals surface area (Å²) < 4.78 is 12.3. The van der Waals surface area contributed by atoms with Crippen molar-refractivity contribution < 1.29 is 0 Å². The quantitative estimate of drug-likeness (QED) is 0.127. The van der Waals surface area contributed by atoms with Gasteiger partial charge in [-0.25, -0.2) is 29.9 Å². The summed E-state index contributed by atoms with van der Waals surface area (Å²) in [5.74, 6) is 2.34. The Morgan fingerprint density at radius 2 is 0.503 bits per heavy atom. The third-order valence-corrected chi connectivity index (χ3v) is 43.5. The van der Waals surface area contributed by atoms with Gasteiger partial charge in [0, 0.05) is 157 Å². The van der Waals surface area contributed by atoms with Crippen molar-refractivity contribution in [2.75, 3.05) is 0 Å². The van der Waals surface area contributed by atoms with Gasteiger partial charge in [-0.05, 0) is 164 Å². The van der Waals surface area contributed by atoms with Crippen LogP contribution in [0.3, 0.4) is 0 Å². The predicted octanol–water partition coefficient (Wildman–Crippen LogP) is 30.9. The minimum atomic E-state index is -2.08. The predicted molar refractivity (Wildman–Crippen MR) is 633 cm³/mol. The Morgan fingerprint density at radius 3 is 0.913 bits per heavy atom. The molecule has 0 unspecified atom stereocenters. The van der Waals surface area contributed by atoms with Crippen molar-refractivity contribution in [1.82, 2.24) is 48.2 Å². The van der Waals surface area contributed by atoms with Gasteiger partial charge in [0.05, 0.1) is 61.2 Å². The van der Waals surface area contributed by atoms with Gasteiger partial charge in [0.15, 0.2) is 17.5 Å². The van der Waals surface area contributed by atoms with E-state index >= 15 is 0 Å². The number of para-hydroxylation sites is 5. The van der Waals surface area contributed by atoms with Crippen molar-refractivity contribution in [2.24, 2.45) is 0 Å². The van der Waals surface area contributed by atoms with Gasteiger partial charge >= 0.3 is 0 Å². The number of fused-ring (bicyclic) bond motifs is 30. The van der Waals surface area contributed by atoms with Gasteiger partial charge in [-0.15, -0.1) is 11.3 Å². The summed E-state index contributed by atoms with van der Waals surface area (Å²) in [6.45, 7) is 19.3. The zero-order valence-corrected chi connectivity index (χ0v) is 87.4. The van der Waals surface area contributed by atoms with Crippen LogP contribution in [0.2, 0.25) is 39.3 Å². The molecule has 10 nitrogen and oxygen atoms in total. The molecule has 4 aliphatic rings. The second-order valence-electron chi connectivity index (χ2n) is 42.2. The van der Waals surface area contributed by atoms with E-state index in [1.165, 1.54) is 195 Å². The molecule has 0 N–H and O–H groups in total. The van der Waals surface area contributed by atoms with Gasteiger partial charge in [0.1, 0.15) is 24.2 Å². The summed E-state index contributed by atoms with van der Waals surface area (Å²) in [5, 5.41) is 20.8. The first-order valence-electron chi connectivity index (χ1n) is 51.6. The second kappa shape index (κ2) is 33.5. The summed E-state index contributed by atoms with van der Waals surface area (Å²) in [4.78, 5) is 32.5. The highest BCUT2D eigenvalue weighted by Crippen LogP contribution is 2.55. The van der Waals surface area contributed by atoms with E-state index in [4.69, 9.17) is 29.9 Å². The molecule has 8 aromatic heterocycles. The second-order valence-corrected chi connectivity index (χ2v) is 56.1. The van der Waals surface area contributed by atoms with Crippen LogP contribution in [0.15, 0.2) is 449 Å². The lowest BCUT2D eigenvalue weighted by molar-refractivity contribution is 0.661. The Hall–Kier alpha value is -17.5. The minimum Gasteiger partial charge on any atom is -0.309 e. The maximum absolute atomic E-state index is 5.47. The number of nitrogens with zero attached hydrogens (tertiary/aromatic N) is 10. The number of hydrogen-bond donors (Lipinski definition) is 0. The monoisotopic (exact) mass is 1970 g/mol. The van der Waals surface area contributed by atoms with E-state index in [2.05, 4.69) is 520 Å².